The molecule has 1 aromatic heterocycles. The second-order valence-electron chi connectivity index (χ2n) is 4.87. The number of aromatic nitrogens is 1. The quantitative estimate of drug-likeness (QED) is 0.790. The minimum absolute atomic E-state index is 0.191. The fourth-order valence-electron chi connectivity index (χ4n) is 2.16. The third-order valence-corrected chi connectivity index (χ3v) is 4.34. The molecular weight excluding hydrogens is 286 g/mol. The van der Waals surface area contributed by atoms with Crippen LogP contribution in [0, 0.1) is 0 Å². The molecule has 0 bridgehead atoms. The maximum Gasteiger partial charge on any atom is 0.175 e. The van der Waals surface area contributed by atoms with Crippen molar-refractivity contribution in [1.29, 1.82) is 0 Å². The highest BCUT2D eigenvalue weighted by molar-refractivity contribution is 7.90. The molecule has 0 atom stereocenters. The van der Waals surface area contributed by atoms with Gasteiger partial charge in [-0.25, -0.2) is 13.4 Å². The van der Waals surface area contributed by atoms with Crippen molar-refractivity contribution in [2.24, 2.45) is 0 Å². The van der Waals surface area contributed by atoms with E-state index in [1.54, 1.807) is 36.4 Å². The lowest BCUT2D eigenvalue weighted by molar-refractivity contribution is 0.476. The van der Waals surface area contributed by atoms with Crippen molar-refractivity contribution >= 4 is 20.7 Å². The number of phenols is 1. The van der Waals surface area contributed by atoms with E-state index in [1.807, 2.05) is 18.2 Å². The molecule has 0 aliphatic carbocycles. The Balaban J connectivity index is 2.14. The maximum absolute atomic E-state index is 11.6. The summed E-state index contributed by atoms with van der Waals surface area (Å²) in [6, 6.07) is 15.3. The number of hydrogen-bond donors (Lipinski definition) is 1. The second kappa shape index (κ2) is 4.86. The van der Waals surface area contributed by atoms with E-state index in [4.69, 9.17) is 0 Å². The molecule has 0 fully saturated rings. The SMILES string of the molecule is CS(=O)(=O)c1cccc(-c2ccc3cc(O)ccc3n2)c1. The van der Waals surface area contributed by atoms with Gasteiger partial charge < -0.3 is 5.11 Å². The van der Waals surface area contributed by atoms with Crippen LogP contribution < -0.4 is 0 Å². The summed E-state index contributed by atoms with van der Waals surface area (Å²) in [5, 5.41) is 10.3. The molecule has 3 aromatic rings. The van der Waals surface area contributed by atoms with Crippen molar-refractivity contribution in [3.8, 4) is 17.0 Å². The number of nitrogens with zero attached hydrogens (tertiary/aromatic N) is 1. The van der Waals surface area contributed by atoms with Crippen molar-refractivity contribution in [2.45, 2.75) is 4.90 Å². The minimum Gasteiger partial charge on any atom is -0.508 e. The number of pyridine rings is 1. The molecule has 0 aliphatic heterocycles. The van der Waals surface area contributed by atoms with Gasteiger partial charge in [-0.3, -0.25) is 0 Å². The molecule has 0 saturated carbocycles. The van der Waals surface area contributed by atoms with Crippen LogP contribution >= 0.6 is 0 Å². The molecule has 0 unspecified atom stereocenters. The molecule has 3 rings (SSSR count). The lowest BCUT2D eigenvalue weighted by atomic mass is 10.1. The van der Waals surface area contributed by atoms with Gasteiger partial charge >= 0.3 is 0 Å². The third-order valence-electron chi connectivity index (χ3n) is 3.23. The van der Waals surface area contributed by atoms with Crippen molar-refractivity contribution in [3.63, 3.8) is 0 Å². The van der Waals surface area contributed by atoms with Crippen LogP contribution in [0.15, 0.2) is 59.5 Å². The molecule has 0 spiro atoms. The van der Waals surface area contributed by atoms with Gasteiger partial charge in [0.15, 0.2) is 9.84 Å². The Morgan fingerprint density at radius 1 is 1.00 bits per heavy atom. The zero-order valence-corrected chi connectivity index (χ0v) is 12.1. The van der Waals surface area contributed by atoms with Gasteiger partial charge in [0.1, 0.15) is 5.75 Å². The number of phenolic OH excluding ortho intramolecular Hbond substituents is 1. The third kappa shape index (κ3) is 2.73. The van der Waals surface area contributed by atoms with Gasteiger partial charge in [-0.15, -0.1) is 0 Å². The van der Waals surface area contributed by atoms with Crippen LogP contribution in [-0.2, 0) is 9.84 Å². The largest absolute Gasteiger partial charge is 0.508 e. The number of sulfone groups is 1. The molecule has 2 aromatic carbocycles. The summed E-state index contributed by atoms with van der Waals surface area (Å²) in [5.41, 5.74) is 2.18. The molecule has 5 heteroatoms. The highest BCUT2D eigenvalue weighted by Gasteiger charge is 2.09. The van der Waals surface area contributed by atoms with E-state index < -0.39 is 9.84 Å². The number of benzene rings is 2. The van der Waals surface area contributed by atoms with E-state index in [1.165, 1.54) is 6.26 Å². The summed E-state index contributed by atoms with van der Waals surface area (Å²) in [4.78, 5) is 4.77. The zero-order valence-electron chi connectivity index (χ0n) is 11.3. The first-order valence-corrected chi connectivity index (χ1v) is 8.23. The fourth-order valence-corrected chi connectivity index (χ4v) is 2.83. The van der Waals surface area contributed by atoms with E-state index in [-0.39, 0.29) is 10.6 Å². The first-order chi connectivity index (χ1) is 9.93. The molecule has 1 heterocycles. The monoisotopic (exact) mass is 299 g/mol. The Bertz CT molecular complexity index is 933. The van der Waals surface area contributed by atoms with Crippen LogP contribution in [-0.4, -0.2) is 24.8 Å². The minimum atomic E-state index is -3.24. The summed E-state index contributed by atoms with van der Waals surface area (Å²) in [6.45, 7) is 0. The average Bonchev–Trinajstić information content (AvgIpc) is 2.46. The number of fused-ring (bicyclic) bond motifs is 1. The number of hydrogen-bond acceptors (Lipinski definition) is 4. The highest BCUT2D eigenvalue weighted by atomic mass is 32.2. The maximum atomic E-state index is 11.6. The Morgan fingerprint density at radius 2 is 1.81 bits per heavy atom. The Kier molecular flexibility index (Phi) is 3.14. The van der Waals surface area contributed by atoms with Crippen molar-refractivity contribution < 1.29 is 13.5 Å². The van der Waals surface area contributed by atoms with Crippen LogP contribution in [0.3, 0.4) is 0 Å². The predicted octanol–water partition coefficient (Wildman–Crippen LogP) is 3.01. The fraction of sp³-hybridized carbons (Fsp3) is 0.0625. The molecule has 21 heavy (non-hydrogen) atoms. The first kappa shape index (κ1) is 13.6. The number of aromatic hydroxyl groups is 1. The van der Waals surface area contributed by atoms with Crippen molar-refractivity contribution in [3.05, 3.63) is 54.6 Å². The van der Waals surface area contributed by atoms with Crippen LogP contribution in [0.2, 0.25) is 0 Å². The Morgan fingerprint density at radius 3 is 2.57 bits per heavy atom. The summed E-state index contributed by atoms with van der Waals surface area (Å²) in [5.74, 6) is 0.191. The molecule has 0 amide bonds. The highest BCUT2D eigenvalue weighted by Crippen LogP contribution is 2.25. The normalized spacial score (nSPS) is 11.7. The van der Waals surface area contributed by atoms with Crippen molar-refractivity contribution in [2.75, 3.05) is 6.26 Å². The van der Waals surface area contributed by atoms with E-state index >= 15 is 0 Å². The van der Waals surface area contributed by atoms with Crippen LogP contribution in [0.25, 0.3) is 22.2 Å². The standard InChI is InChI=1S/C16H13NO3S/c1-21(19,20)14-4-2-3-11(10-14)15-7-5-12-9-13(18)6-8-16(12)17-15/h2-10,18H,1H3. The summed E-state index contributed by atoms with van der Waals surface area (Å²) < 4.78 is 23.2. The Hall–Kier alpha value is -2.40. The zero-order chi connectivity index (χ0) is 15.0. The number of rotatable bonds is 2. The second-order valence-corrected chi connectivity index (χ2v) is 6.89. The molecule has 106 valence electrons. The summed E-state index contributed by atoms with van der Waals surface area (Å²) in [7, 11) is -3.24. The summed E-state index contributed by atoms with van der Waals surface area (Å²) >= 11 is 0. The van der Waals surface area contributed by atoms with Gasteiger partial charge in [0.05, 0.1) is 16.1 Å². The van der Waals surface area contributed by atoms with Gasteiger partial charge in [0.25, 0.3) is 0 Å². The van der Waals surface area contributed by atoms with Gasteiger partial charge in [0, 0.05) is 17.2 Å². The molecule has 4 nitrogen and oxygen atoms in total. The van der Waals surface area contributed by atoms with Gasteiger partial charge in [0.2, 0.25) is 0 Å². The lowest BCUT2D eigenvalue weighted by Gasteiger charge is -2.05. The Labute approximate surface area is 122 Å². The molecule has 0 radical (unpaired) electrons. The van der Waals surface area contributed by atoms with E-state index in [0.717, 1.165) is 16.5 Å². The van der Waals surface area contributed by atoms with Gasteiger partial charge in [-0.05, 0) is 36.4 Å². The molecule has 1 N–H and O–H groups in total. The molecule has 0 saturated heterocycles. The summed E-state index contributed by atoms with van der Waals surface area (Å²) in [6.07, 6.45) is 1.18. The van der Waals surface area contributed by atoms with Crippen LogP contribution in [0.4, 0.5) is 0 Å². The van der Waals surface area contributed by atoms with Gasteiger partial charge in [-0.2, -0.15) is 0 Å². The van der Waals surface area contributed by atoms with Crippen molar-refractivity contribution in [1.82, 2.24) is 4.98 Å². The van der Waals surface area contributed by atoms with E-state index in [2.05, 4.69) is 4.98 Å². The van der Waals surface area contributed by atoms with Crippen LogP contribution in [0.5, 0.6) is 5.75 Å². The average molecular weight is 299 g/mol. The van der Waals surface area contributed by atoms with E-state index in [9.17, 15) is 13.5 Å². The molecule has 0 aliphatic rings. The van der Waals surface area contributed by atoms with Gasteiger partial charge in [-0.1, -0.05) is 18.2 Å². The first-order valence-electron chi connectivity index (χ1n) is 6.34. The molecular formula is C16H13NO3S. The topological polar surface area (TPSA) is 67.3 Å². The predicted molar refractivity (Wildman–Crippen MR) is 82.0 cm³/mol. The van der Waals surface area contributed by atoms with E-state index in [0.29, 0.717) is 5.69 Å². The van der Waals surface area contributed by atoms with Crippen LogP contribution in [0.1, 0.15) is 0 Å². The smallest absolute Gasteiger partial charge is 0.175 e. The lowest BCUT2D eigenvalue weighted by Crippen LogP contribution is -1.97.